The molecule has 150 valence electrons. The number of piperidine rings is 1. The topological polar surface area (TPSA) is 48.1 Å². The summed E-state index contributed by atoms with van der Waals surface area (Å²) in [6, 6.07) is 6.37. The number of hydrogen-bond acceptors (Lipinski definition) is 4. The second-order valence-corrected chi connectivity index (χ2v) is 8.02. The molecule has 0 aromatic heterocycles. The normalized spacial score (nSPS) is 21.1. The van der Waals surface area contributed by atoms with E-state index < -0.39 is 0 Å². The van der Waals surface area contributed by atoms with Gasteiger partial charge in [0.15, 0.2) is 0 Å². The van der Waals surface area contributed by atoms with Gasteiger partial charge in [-0.15, -0.1) is 0 Å². The van der Waals surface area contributed by atoms with Crippen LogP contribution in [0, 0.1) is 12.8 Å². The lowest BCUT2D eigenvalue weighted by Crippen LogP contribution is -2.52. The van der Waals surface area contributed by atoms with Crippen LogP contribution in [0.5, 0.6) is 5.75 Å². The number of carbonyl (C=O) groups excluding carboxylic acids is 1. The molecular formula is C21H34N4O2. The molecule has 0 bridgehead atoms. The van der Waals surface area contributed by atoms with Gasteiger partial charge in [-0.2, -0.15) is 0 Å². The molecule has 2 amide bonds. The van der Waals surface area contributed by atoms with Crippen LogP contribution >= 0.6 is 0 Å². The Balaban J connectivity index is 1.50. The molecule has 0 aliphatic carbocycles. The van der Waals surface area contributed by atoms with Crippen LogP contribution in [-0.2, 0) is 0 Å². The van der Waals surface area contributed by atoms with Crippen molar-refractivity contribution in [3.63, 3.8) is 0 Å². The first-order chi connectivity index (χ1) is 13.0. The van der Waals surface area contributed by atoms with Crippen LogP contribution in [0.25, 0.3) is 0 Å². The van der Waals surface area contributed by atoms with Crippen LogP contribution in [-0.4, -0.2) is 80.2 Å². The quantitative estimate of drug-likeness (QED) is 0.880. The fourth-order valence-corrected chi connectivity index (χ4v) is 4.17. The van der Waals surface area contributed by atoms with Gasteiger partial charge in [0.2, 0.25) is 0 Å². The van der Waals surface area contributed by atoms with Crippen LogP contribution < -0.4 is 10.1 Å². The number of carbonyl (C=O) groups is 1. The van der Waals surface area contributed by atoms with E-state index in [0.29, 0.717) is 12.0 Å². The Morgan fingerprint density at radius 3 is 2.44 bits per heavy atom. The van der Waals surface area contributed by atoms with Gasteiger partial charge < -0.3 is 19.9 Å². The molecule has 6 heteroatoms. The molecule has 2 aliphatic rings. The van der Waals surface area contributed by atoms with E-state index in [4.69, 9.17) is 4.74 Å². The molecule has 2 fully saturated rings. The summed E-state index contributed by atoms with van der Waals surface area (Å²) in [4.78, 5) is 19.7. The van der Waals surface area contributed by atoms with E-state index in [1.54, 1.807) is 7.11 Å². The fraction of sp³-hybridized carbons (Fsp3) is 0.667. The average molecular weight is 375 g/mol. The first-order valence-corrected chi connectivity index (χ1v) is 10.1. The molecule has 2 heterocycles. The van der Waals surface area contributed by atoms with Gasteiger partial charge in [-0.1, -0.05) is 6.07 Å². The van der Waals surface area contributed by atoms with E-state index in [2.05, 4.69) is 29.1 Å². The van der Waals surface area contributed by atoms with Crippen molar-refractivity contribution in [2.45, 2.75) is 32.7 Å². The Labute approximate surface area is 163 Å². The molecule has 3 rings (SSSR count). The Kier molecular flexibility index (Phi) is 6.60. The molecule has 2 saturated heterocycles. The third-order valence-corrected chi connectivity index (χ3v) is 6.31. The number of ether oxygens (including phenoxy) is 1. The molecule has 1 aromatic rings. The Bertz CT molecular complexity index is 635. The van der Waals surface area contributed by atoms with Gasteiger partial charge in [-0.3, -0.25) is 4.90 Å². The zero-order chi connectivity index (χ0) is 19.4. The predicted octanol–water partition coefficient (Wildman–Crippen LogP) is 2.88. The van der Waals surface area contributed by atoms with Crippen molar-refractivity contribution in [1.29, 1.82) is 0 Å². The minimum atomic E-state index is -0.00273. The van der Waals surface area contributed by atoms with Crippen molar-refractivity contribution >= 4 is 11.7 Å². The molecule has 27 heavy (non-hydrogen) atoms. The van der Waals surface area contributed by atoms with Crippen molar-refractivity contribution in [1.82, 2.24) is 14.7 Å². The SMILES string of the molecule is COc1ccc(C)c(NC(=O)N2CCC([C@@H](C)N3CCN(C)CC3)CC2)c1. The molecule has 0 radical (unpaired) electrons. The van der Waals surface area contributed by atoms with Gasteiger partial charge >= 0.3 is 6.03 Å². The molecule has 1 aromatic carbocycles. The Morgan fingerprint density at radius 2 is 1.81 bits per heavy atom. The summed E-state index contributed by atoms with van der Waals surface area (Å²) in [6.07, 6.45) is 2.16. The number of nitrogens with zero attached hydrogens (tertiary/aromatic N) is 3. The number of hydrogen-bond donors (Lipinski definition) is 1. The number of benzene rings is 1. The molecule has 6 nitrogen and oxygen atoms in total. The van der Waals surface area contributed by atoms with E-state index in [-0.39, 0.29) is 6.03 Å². The van der Waals surface area contributed by atoms with E-state index in [0.717, 1.165) is 69.1 Å². The van der Waals surface area contributed by atoms with E-state index in [9.17, 15) is 4.79 Å². The predicted molar refractivity (Wildman–Crippen MR) is 110 cm³/mol. The largest absolute Gasteiger partial charge is 0.497 e. The van der Waals surface area contributed by atoms with Gasteiger partial charge in [-0.25, -0.2) is 4.79 Å². The second kappa shape index (κ2) is 8.93. The van der Waals surface area contributed by atoms with Gasteiger partial charge in [0.25, 0.3) is 0 Å². The number of methoxy groups -OCH3 is 1. The summed E-state index contributed by atoms with van der Waals surface area (Å²) in [7, 11) is 3.84. The molecule has 0 spiro atoms. The third kappa shape index (κ3) is 4.93. The maximum atomic E-state index is 12.7. The smallest absolute Gasteiger partial charge is 0.321 e. The van der Waals surface area contributed by atoms with Crippen molar-refractivity contribution in [3.05, 3.63) is 23.8 Å². The lowest BCUT2D eigenvalue weighted by Gasteiger charge is -2.42. The van der Waals surface area contributed by atoms with Gasteiger partial charge in [0.1, 0.15) is 5.75 Å². The molecular weight excluding hydrogens is 340 g/mol. The van der Waals surface area contributed by atoms with Crippen molar-refractivity contribution in [3.8, 4) is 5.75 Å². The minimum absolute atomic E-state index is 0.00273. The highest BCUT2D eigenvalue weighted by Crippen LogP contribution is 2.26. The van der Waals surface area contributed by atoms with E-state index in [1.165, 1.54) is 0 Å². The zero-order valence-electron chi connectivity index (χ0n) is 17.2. The van der Waals surface area contributed by atoms with Crippen LogP contribution in [0.4, 0.5) is 10.5 Å². The Hall–Kier alpha value is -1.79. The Morgan fingerprint density at radius 1 is 1.15 bits per heavy atom. The number of likely N-dealkylation sites (tertiary alicyclic amines) is 1. The molecule has 0 saturated carbocycles. The molecule has 1 atom stereocenters. The highest BCUT2D eigenvalue weighted by Gasteiger charge is 2.30. The maximum Gasteiger partial charge on any atom is 0.321 e. The molecule has 0 unspecified atom stereocenters. The third-order valence-electron chi connectivity index (χ3n) is 6.31. The van der Waals surface area contributed by atoms with E-state index >= 15 is 0 Å². The number of piperazine rings is 1. The number of urea groups is 1. The fourth-order valence-electron chi connectivity index (χ4n) is 4.17. The lowest BCUT2D eigenvalue weighted by molar-refractivity contribution is 0.0676. The molecule has 2 aliphatic heterocycles. The number of nitrogens with one attached hydrogen (secondary N) is 1. The minimum Gasteiger partial charge on any atom is -0.497 e. The summed E-state index contributed by atoms with van der Waals surface area (Å²) in [6.45, 7) is 10.7. The summed E-state index contributed by atoms with van der Waals surface area (Å²) in [5.41, 5.74) is 1.87. The molecule has 1 N–H and O–H groups in total. The standard InChI is InChI=1S/C21H34N4O2/c1-16-5-6-19(27-4)15-20(16)22-21(26)25-9-7-18(8-10-25)17(2)24-13-11-23(3)12-14-24/h5-6,15,17-18H,7-14H2,1-4H3,(H,22,26)/t17-/m1/s1. The van der Waals surface area contributed by atoms with Crippen LogP contribution in [0.15, 0.2) is 18.2 Å². The van der Waals surface area contributed by atoms with Crippen molar-refractivity contribution < 1.29 is 9.53 Å². The van der Waals surface area contributed by atoms with Crippen LogP contribution in [0.1, 0.15) is 25.3 Å². The first-order valence-electron chi connectivity index (χ1n) is 10.1. The second-order valence-electron chi connectivity index (χ2n) is 8.02. The summed E-state index contributed by atoms with van der Waals surface area (Å²) in [5, 5.41) is 3.06. The van der Waals surface area contributed by atoms with E-state index in [1.807, 2.05) is 30.0 Å². The highest BCUT2D eigenvalue weighted by molar-refractivity contribution is 5.90. The first kappa shape index (κ1) is 20.0. The van der Waals surface area contributed by atoms with Gasteiger partial charge in [0.05, 0.1) is 7.11 Å². The lowest BCUT2D eigenvalue weighted by atomic mass is 9.89. The maximum absolute atomic E-state index is 12.7. The van der Waals surface area contributed by atoms with Crippen molar-refractivity contribution in [2.24, 2.45) is 5.92 Å². The van der Waals surface area contributed by atoms with Crippen LogP contribution in [0.3, 0.4) is 0 Å². The number of aryl methyl sites for hydroxylation is 1. The van der Waals surface area contributed by atoms with Gasteiger partial charge in [0, 0.05) is 57.1 Å². The van der Waals surface area contributed by atoms with Crippen molar-refractivity contribution in [2.75, 3.05) is 58.7 Å². The number of likely N-dealkylation sites (N-methyl/N-ethyl adjacent to an activating group) is 1. The monoisotopic (exact) mass is 374 g/mol. The summed E-state index contributed by atoms with van der Waals surface area (Å²) < 4.78 is 5.27. The van der Waals surface area contributed by atoms with Crippen LogP contribution in [0.2, 0.25) is 0 Å². The summed E-state index contributed by atoms with van der Waals surface area (Å²) >= 11 is 0. The number of anilines is 1. The number of amides is 2. The zero-order valence-corrected chi connectivity index (χ0v) is 17.2. The number of rotatable bonds is 4. The van der Waals surface area contributed by atoms with Gasteiger partial charge in [-0.05, 0) is 51.3 Å². The average Bonchev–Trinajstić information content (AvgIpc) is 2.69. The highest BCUT2D eigenvalue weighted by atomic mass is 16.5. The summed E-state index contributed by atoms with van der Waals surface area (Å²) in [5.74, 6) is 1.44.